The van der Waals surface area contributed by atoms with Gasteiger partial charge in [0.15, 0.2) is 0 Å². The first-order valence-corrected chi connectivity index (χ1v) is 10.6. The van der Waals surface area contributed by atoms with Crippen molar-refractivity contribution in [2.24, 2.45) is 0 Å². The lowest BCUT2D eigenvalue weighted by atomic mass is 10.0. The van der Waals surface area contributed by atoms with Gasteiger partial charge in [0.2, 0.25) is 0 Å². The molecule has 0 saturated carbocycles. The Morgan fingerprint density at radius 1 is 1.24 bits per heavy atom. The number of nitrogens with one attached hydrogen (secondary N) is 2. The molecule has 4 rings (SSSR count). The number of amides is 3. The minimum atomic E-state index is -0.408. The van der Waals surface area contributed by atoms with E-state index in [1.165, 1.54) is 29.8 Å². The van der Waals surface area contributed by atoms with Crippen molar-refractivity contribution in [3.63, 3.8) is 0 Å². The first-order valence-electron chi connectivity index (χ1n) is 8.86. The average molecular weight is 431 g/mol. The van der Waals surface area contributed by atoms with E-state index in [1.54, 1.807) is 35.7 Å². The SMILES string of the molecule is CNC(=O)c1c(NC(=O)c2ccc3ncsc3c2)sc2c1CCN(C(=O)OC)C2. The second-order valence-corrected chi connectivity index (χ2v) is 8.41. The van der Waals surface area contributed by atoms with Crippen LogP contribution in [0.5, 0.6) is 0 Å². The van der Waals surface area contributed by atoms with E-state index < -0.39 is 6.09 Å². The van der Waals surface area contributed by atoms with E-state index in [1.807, 2.05) is 0 Å². The number of rotatable bonds is 3. The summed E-state index contributed by atoms with van der Waals surface area (Å²) >= 11 is 2.78. The molecule has 3 amide bonds. The Morgan fingerprint density at radius 2 is 2.07 bits per heavy atom. The molecule has 0 unspecified atom stereocenters. The number of aromatic nitrogens is 1. The van der Waals surface area contributed by atoms with Crippen molar-refractivity contribution in [3.05, 3.63) is 45.3 Å². The molecule has 3 aromatic rings. The Hall–Kier alpha value is -2.98. The highest BCUT2D eigenvalue weighted by molar-refractivity contribution is 7.17. The van der Waals surface area contributed by atoms with Crippen LogP contribution in [-0.2, 0) is 17.7 Å². The van der Waals surface area contributed by atoms with Gasteiger partial charge in [-0.2, -0.15) is 0 Å². The van der Waals surface area contributed by atoms with E-state index in [2.05, 4.69) is 15.6 Å². The van der Waals surface area contributed by atoms with Crippen molar-refractivity contribution < 1.29 is 19.1 Å². The number of benzene rings is 1. The van der Waals surface area contributed by atoms with Crippen LogP contribution < -0.4 is 10.6 Å². The molecule has 0 spiro atoms. The third-order valence-electron chi connectivity index (χ3n) is 4.76. The smallest absolute Gasteiger partial charge is 0.409 e. The second-order valence-electron chi connectivity index (χ2n) is 6.42. The van der Waals surface area contributed by atoms with Crippen molar-refractivity contribution in [2.45, 2.75) is 13.0 Å². The Bertz CT molecular complexity index is 1120. The maximum atomic E-state index is 12.8. The molecule has 2 aromatic heterocycles. The summed E-state index contributed by atoms with van der Waals surface area (Å²) in [5.41, 5.74) is 4.39. The summed E-state index contributed by atoms with van der Waals surface area (Å²) in [6.07, 6.45) is 0.112. The van der Waals surface area contributed by atoms with Gasteiger partial charge >= 0.3 is 6.09 Å². The molecule has 10 heteroatoms. The first-order chi connectivity index (χ1) is 14.0. The monoisotopic (exact) mass is 430 g/mol. The van der Waals surface area contributed by atoms with Gasteiger partial charge in [-0.3, -0.25) is 9.59 Å². The summed E-state index contributed by atoms with van der Waals surface area (Å²) < 4.78 is 5.72. The number of thiophene rings is 1. The topological polar surface area (TPSA) is 101 Å². The van der Waals surface area contributed by atoms with Crippen LogP contribution >= 0.6 is 22.7 Å². The van der Waals surface area contributed by atoms with Crippen LogP contribution in [0.15, 0.2) is 23.7 Å². The summed E-state index contributed by atoms with van der Waals surface area (Å²) in [5.74, 6) is -0.559. The van der Waals surface area contributed by atoms with E-state index in [0.717, 1.165) is 20.7 Å². The fourth-order valence-electron chi connectivity index (χ4n) is 3.31. The van der Waals surface area contributed by atoms with Crippen LogP contribution in [0.25, 0.3) is 10.2 Å². The molecule has 0 atom stereocenters. The highest BCUT2D eigenvalue weighted by Gasteiger charge is 2.30. The van der Waals surface area contributed by atoms with E-state index in [-0.39, 0.29) is 11.8 Å². The van der Waals surface area contributed by atoms with Crippen molar-refractivity contribution >= 4 is 55.8 Å². The number of ether oxygens (including phenoxy) is 1. The molecule has 0 fully saturated rings. The van der Waals surface area contributed by atoms with Gasteiger partial charge in [-0.05, 0) is 30.2 Å². The van der Waals surface area contributed by atoms with E-state index in [4.69, 9.17) is 4.74 Å². The number of fused-ring (bicyclic) bond motifs is 2. The summed E-state index contributed by atoms with van der Waals surface area (Å²) in [6.45, 7) is 0.801. The zero-order chi connectivity index (χ0) is 20.5. The molecule has 1 aliphatic rings. The molecule has 1 aromatic carbocycles. The van der Waals surface area contributed by atoms with Crippen LogP contribution in [-0.4, -0.2) is 48.5 Å². The van der Waals surface area contributed by atoms with Crippen LogP contribution in [0, 0.1) is 0 Å². The summed E-state index contributed by atoms with van der Waals surface area (Å²) in [7, 11) is 2.90. The van der Waals surface area contributed by atoms with E-state index in [0.29, 0.717) is 35.6 Å². The molecule has 0 bridgehead atoms. The standard InChI is InChI=1S/C19H18N4O4S2/c1-20-17(25)15-11-5-6-23(19(26)27-2)8-14(11)29-18(15)22-16(24)10-3-4-12-13(7-10)28-9-21-12/h3-4,7,9H,5-6,8H2,1-2H3,(H,20,25)(H,22,24). The number of carbonyl (C=O) groups is 3. The van der Waals surface area contributed by atoms with Crippen LogP contribution in [0.2, 0.25) is 0 Å². The molecule has 3 heterocycles. The lowest BCUT2D eigenvalue weighted by Crippen LogP contribution is -2.35. The number of anilines is 1. The van der Waals surface area contributed by atoms with Gasteiger partial charge < -0.3 is 20.3 Å². The highest BCUT2D eigenvalue weighted by Crippen LogP contribution is 2.37. The molecular weight excluding hydrogens is 412 g/mol. The molecular formula is C19H18N4O4S2. The normalized spacial score (nSPS) is 13.1. The quantitative estimate of drug-likeness (QED) is 0.665. The molecule has 0 aliphatic carbocycles. The van der Waals surface area contributed by atoms with E-state index >= 15 is 0 Å². The Kier molecular flexibility index (Phi) is 5.20. The van der Waals surface area contributed by atoms with Gasteiger partial charge in [-0.1, -0.05) is 0 Å². The van der Waals surface area contributed by atoms with Gasteiger partial charge in [0.05, 0.1) is 34.9 Å². The van der Waals surface area contributed by atoms with Crippen LogP contribution in [0.3, 0.4) is 0 Å². The molecule has 1 aliphatic heterocycles. The third-order valence-corrected chi connectivity index (χ3v) is 6.69. The van der Waals surface area contributed by atoms with Gasteiger partial charge in [-0.25, -0.2) is 9.78 Å². The number of carbonyl (C=O) groups excluding carboxylic acids is 3. The summed E-state index contributed by atoms with van der Waals surface area (Å²) in [4.78, 5) is 43.9. The minimum absolute atomic E-state index is 0.262. The number of hydrogen-bond donors (Lipinski definition) is 2. The molecule has 0 radical (unpaired) electrons. The van der Waals surface area contributed by atoms with Crippen molar-refractivity contribution in [3.8, 4) is 0 Å². The fourth-order valence-corrected chi connectivity index (χ4v) is 5.29. The lowest BCUT2D eigenvalue weighted by Gasteiger charge is -2.25. The first kappa shape index (κ1) is 19.3. The summed E-state index contributed by atoms with van der Waals surface area (Å²) in [5, 5.41) is 6.01. The van der Waals surface area contributed by atoms with Crippen molar-refractivity contribution in [1.29, 1.82) is 0 Å². The number of methoxy groups -OCH3 is 1. The summed E-state index contributed by atoms with van der Waals surface area (Å²) in [6, 6.07) is 5.30. The van der Waals surface area contributed by atoms with Crippen molar-refractivity contribution in [2.75, 3.05) is 26.0 Å². The molecule has 150 valence electrons. The average Bonchev–Trinajstić information content (AvgIpc) is 3.35. The number of thiazole rings is 1. The molecule has 8 nitrogen and oxygen atoms in total. The predicted octanol–water partition coefficient (Wildman–Crippen LogP) is 3.09. The van der Waals surface area contributed by atoms with Crippen molar-refractivity contribution in [1.82, 2.24) is 15.2 Å². The molecule has 29 heavy (non-hydrogen) atoms. The Morgan fingerprint density at radius 3 is 2.83 bits per heavy atom. The third kappa shape index (κ3) is 3.56. The number of hydrogen-bond acceptors (Lipinski definition) is 7. The predicted molar refractivity (Wildman–Crippen MR) is 112 cm³/mol. The molecule has 0 saturated heterocycles. The zero-order valence-corrected chi connectivity index (χ0v) is 17.4. The van der Waals surface area contributed by atoms with E-state index in [9.17, 15) is 14.4 Å². The second kappa shape index (κ2) is 7.80. The lowest BCUT2D eigenvalue weighted by molar-refractivity contribution is 0.0962. The van der Waals surface area contributed by atoms with Crippen LogP contribution in [0.1, 0.15) is 31.2 Å². The Balaban J connectivity index is 1.65. The molecule has 2 N–H and O–H groups in total. The largest absolute Gasteiger partial charge is 0.453 e. The minimum Gasteiger partial charge on any atom is -0.453 e. The fraction of sp³-hybridized carbons (Fsp3) is 0.263. The van der Waals surface area contributed by atoms with Crippen LogP contribution in [0.4, 0.5) is 9.80 Å². The zero-order valence-electron chi connectivity index (χ0n) is 15.8. The maximum Gasteiger partial charge on any atom is 0.409 e. The maximum absolute atomic E-state index is 12.8. The highest BCUT2D eigenvalue weighted by atomic mass is 32.1. The Labute approximate surface area is 174 Å². The number of nitrogens with zero attached hydrogens (tertiary/aromatic N) is 2. The van der Waals surface area contributed by atoms with Gasteiger partial charge in [0.25, 0.3) is 11.8 Å². The van der Waals surface area contributed by atoms with Gasteiger partial charge in [0, 0.05) is 24.0 Å². The van der Waals surface area contributed by atoms with Gasteiger partial charge in [-0.15, -0.1) is 22.7 Å². The van der Waals surface area contributed by atoms with Gasteiger partial charge in [0.1, 0.15) is 5.00 Å².